The van der Waals surface area contributed by atoms with Crippen molar-refractivity contribution in [2.75, 3.05) is 16.9 Å². The largest absolute Gasteiger partial charge is 0.326 e. The second kappa shape index (κ2) is 6.84. The van der Waals surface area contributed by atoms with Crippen LogP contribution in [0, 0.1) is 6.92 Å². The molecule has 0 fully saturated rings. The van der Waals surface area contributed by atoms with Crippen LogP contribution in [-0.4, -0.2) is 26.5 Å². The number of carbonyl (C=O) groups is 2. The first-order valence-corrected chi connectivity index (χ1v) is 9.05. The maximum Gasteiger partial charge on any atom is 0.255 e. The number of anilines is 2. The van der Waals surface area contributed by atoms with E-state index in [0.29, 0.717) is 16.9 Å². The molecule has 2 aromatic carbocycles. The highest BCUT2D eigenvalue weighted by molar-refractivity contribution is 7.90. The molecular weight excluding hydrogens is 328 g/mol. The predicted octanol–water partition coefficient (Wildman–Crippen LogP) is 2.61. The fraction of sp³-hybridized carbons (Fsp3) is 0.176. The highest BCUT2D eigenvalue weighted by Crippen LogP contribution is 2.21. The molecule has 0 aliphatic heterocycles. The number of hydrogen-bond acceptors (Lipinski definition) is 4. The second-order valence-electron chi connectivity index (χ2n) is 5.47. The second-order valence-corrected chi connectivity index (χ2v) is 7.48. The van der Waals surface area contributed by atoms with Gasteiger partial charge in [-0.25, -0.2) is 8.42 Å². The molecule has 24 heavy (non-hydrogen) atoms. The molecule has 0 bridgehead atoms. The number of rotatable bonds is 4. The van der Waals surface area contributed by atoms with Gasteiger partial charge in [-0.15, -0.1) is 0 Å². The molecule has 0 aromatic heterocycles. The molecule has 0 heterocycles. The summed E-state index contributed by atoms with van der Waals surface area (Å²) < 4.78 is 23.3. The van der Waals surface area contributed by atoms with Crippen LogP contribution in [0.3, 0.4) is 0 Å². The average Bonchev–Trinajstić information content (AvgIpc) is 2.48. The van der Waals surface area contributed by atoms with Crippen molar-refractivity contribution in [1.82, 2.24) is 0 Å². The molecule has 0 spiro atoms. The van der Waals surface area contributed by atoms with Gasteiger partial charge >= 0.3 is 0 Å². The normalized spacial score (nSPS) is 11.0. The van der Waals surface area contributed by atoms with Crippen LogP contribution in [0.5, 0.6) is 0 Å². The van der Waals surface area contributed by atoms with Crippen molar-refractivity contribution < 1.29 is 18.0 Å². The van der Waals surface area contributed by atoms with Crippen molar-refractivity contribution in [1.29, 1.82) is 0 Å². The van der Waals surface area contributed by atoms with Crippen molar-refractivity contribution in [3.63, 3.8) is 0 Å². The van der Waals surface area contributed by atoms with Gasteiger partial charge in [-0.1, -0.05) is 12.1 Å². The van der Waals surface area contributed by atoms with Gasteiger partial charge in [0.05, 0.1) is 4.90 Å². The van der Waals surface area contributed by atoms with E-state index in [9.17, 15) is 18.0 Å². The molecule has 2 rings (SSSR count). The SMILES string of the molecule is CC(=O)Nc1cccc(C(=O)Nc2cc(S(C)(=O)=O)ccc2C)c1. The van der Waals surface area contributed by atoms with Crippen LogP contribution in [0.2, 0.25) is 0 Å². The first-order chi connectivity index (χ1) is 11.2. The summed E-state index contributed by atoms with van der Waals surface area (Å²) in [6, 6.07) is 11.0. The van der Waals surface area contributed by atoms with Gasteiger partial charge in [0.15, 0.2) is 9.84 Å². The lowest BCUT2D eigenvalue weighted by Gasteiger charge is -2.11. The Morgan fingerprint density at radius 2 is 1.71 bits per heavy atom. The Hall–Kier alpha value is -2.67. The zero-order valence-corrected chi connectivity index (χ0v) is 14.4. The zero-order valence-electron chi connectivity index (χ0n) is 13.6. The van der Waals surface area contributed by atoms with E-state index in [-0.39, 0.29) is 10.8 Å². The topological polar surface area (TPSA) is 92.3 Å². The molecule has 6 nitrogen and oxygen atoms in total. The third-order valence-electron chi connectivity index (χ3n) is 3.33. The van der Waals surface area contributed by atoms with Gasteiger partial charge in [0, 0.05) is 30.1 Å². The monoisotopic (exact) mass is 346 g/mol. The van der Waals surface area contributed by atoms with Crippen LogP contribution in [0.4, 0.5) is 11.4 Å². The van der Waals surface area contributed by atoms with Gasteiger partial charge in [-0.05, 0) is 42.8 Å². The maximum absolute atomic E-state index is 12.4. The van der Waals surface area contributed by atoms with Crippen LogP contribution in [0.15, 0.2) is 47.4 Å². The Labute approximate surface area is 140 Å². The molecule has 2 amide bonds. The lowest BCUT2D eigenvalue weighted by Crippen LogP contribution is -2.14. The summed E-state index contributed by atoms with van der Waals surface area (Å²) in [7, 11) is -3.36. The zero-order chi connectivity index (χ0) is 17.9. The van der Waals surface area contributed by atoms with Gasteiger partial charge in [-0.2, -0.15) is 0 Å². The summed E-state index contributed by atoms with van der Waals surface area (Å²) in [5.74, 6) is -0.625. The van der Waals surface area contributed by atoms with Crippen LogP contribution in [-0.2, 0) is 14.6 Å². The maximum atomic E-state index is 12.4. The molecule has 0 saturated heterocycles. The number of nitrogens with one attached hydrogen (secondary N) is 2. The molecule has 0 unspecified atom stereocenters. The highest BCUT2D eigenvalue weighted by atomic mass is 32.2. The fourth-order valence-corrected chi connectivity index (χ4v) is 2.75. The van der Waals surface area contributed by atoms with E-state index in [1.54, 1.807) is 37.3 Å². The molecular formula is C17H18N2O4S. The number of sulfone groups is 1. The molecule has 2 aromatic rings. The van der Waals surface area contributed by atoms with Crippen LogP contribution < -0.4 is 10.6 Å². The van der Waals surface area contributed by atoms with Gasteiger partial charge in [0.25, 0.3) is 5.91 Å². The number of carbonyl (C=O) groups excluding carboxylic acids is 2. The smallest absolute Gasteiger partial charge is 0.255 e. The third-order valence-corrected chi connectivity index (χ3v) is 4.44. The summed E-state index contributed by atoms with van der Waals surface area (Å²) >= 11 is 0. The Morgan fingerprint density at radius 1 is 1.00 bits per heavy atom. The summed E-state index contributed by atoms with van der Waals surface area (Å²) in [5.41, 5.74) is 2.03. The quantitative estimate of drug-likeness (QED) is 0.890. The van der Waals surface area contributed by atoms with E-state index in [0.717, 1.165) is 11.8 Å². The van der Waals surface area contributed by atoms with E-state index in [1.165, 1.54) is 19.1 Å². The lowest BCUT2D eigenvalue weighted by atomic mass is 10.1. The first-order valence-electron chi connectivity index (χ1n) is 7.16. The van der Waals surface area contributed by atoms with Crippen molar-refractivity contribution in [3.8, 4) is 0 Å². The minimum absolute atomic E-state index is 0.135. The highest BCUT2D eigenvalue weighted by Gasteiger charge is 2.13. The summed E-state index contributed by atoms with van der Waals surface area (Å²) in [6.07, 6.45) is 1.11. The summed E-state index contributed by atoms with van der Waals surface area (Å²) in [4.78, 5) is 23.6. The molecule has 2 N–H and O–H groups in total. The predicted molar refractivity (Wildman–Crippen MR) is 93.0 cm³/mol. The number of aryl methyl sites for hydroxylation is 1. The van der Waals surface area contributed by atoms with E-state index in [1.807, 2.05) is 0 Å². The summed E-state index contributed by atoms with van der Waals surface area (Å²) in [5, 5.41) is 5.31. The minimum atomic E-state index is -3.36. The van der Waals surface area contributed by atoms with Crippen molar-refractivity contribution in [2.24, 2.45) is 0 Å². The lowest BCUT2D eigenvalue weighted by molar-refractivity contribution is -0.114. The van der Waals surface area contributed by atoms with E-state index in [2.05, 4.69) is 10.6 Å². The van der Waals surface area contributed by atoms with Gasteiger partial charge in [0.1, 0.15) is 0 Å². The Kier molecular flexibility index (Phi) is 5.04. The van der Waals surface area contributed by atoms with Crippen LogP contribution in [0.25, 0.3) is 0 Å². The third kappa shape index (κ3) is 4.42. The first kappa shape index (κ1) is 17.7. The van der Waals surface area contributed by atoms with Gasteiger partial charge in [-0.3, -0.25) is 9.59 Å². The molecule has 0 atom stereocenters. The number of benzene rings is 2. The fourth-order valence-electron chi connectivity index (χ4n) is 2.10. The van der Waals surface area contributed by atoms with Gasteiger partial charge < -0.3 is 10.6 Å². The molecule has 0 radical (unpaired) electrons. The number of amides is 2. The average molecular weight is 346 g/mol. The Bertz CT molecular complexity index is 905. The molecule has 0 saturated carbocycles. The molecule has 126 valence electrons. The van der Waals surface area contributed by atoms with Crippen molar-refractivity contribution >= 4 is 33.0 Å². The Balaban J connectivity index is 2.28. The van der Waals surface area contributed by atoms with Crippen molar-refractivity contribution in [2.45, 2.75) is 18.7 Å². The van der Waals surface area contributed by atoms with E-state index < -0.39 is 15.7 Å². The Morgan fingerprint density at radius 3 is 2.33 bits per heavy atom. The molecule has 0 aliphatic carbocycles. The minimum Gasteiger partial charge on any atom is -0.326 e. The van der Waals surface area contributed by atoms with E-state index in [4.69, 9.17) is 0 Å². The molecule has 7 heteroatoms. The van der Waals surface area contributed by atoms with Crippen LogP contribution >= 0.6 is 0 Å². The van der Waals surface area contributed by atoms with Gasteiger partial charge in [0.2, 0.25) is 5.91 Å². The van der Waals surface area contributed by atoms with Crippen LogP contribution in [0.1, 0.15) is 22.8 Å². The van der Waals surface area contributed by atoms with E-state index >= 15 is 0 Å². The molecule has 0 aliphatic rings. The number of hydrogen-bond donors (Lipinski definition) is 2. The standard InChI is InChI=1S/C17H18N2O4S/c1-11-7-8-15(24(3,22)23)10-16(11)19-17(21)13-5-4-6-14(9-13)18-12(2)20/h4-10H,1-3H3,(H,18,20)(H,19,21). The summed E-state index contributed by atoms with van der Waals surface area (Å²) in [6.45, 7) is 3.15. The van der Waals surface area contributed by atoms with Crippen molar-refractivity contribution in [3.05, 3.63) is 53.6 Å².